The van der Waals surface area contributed by atoms with Crippen LogP contribution >= 0.6 is 12.4 Å². The van der Waals surface area contributed by atoms with Gasteiger partial charge in [0.1, 0.15) is 0 Å². The molecular formula is C10H20ClNO2. The molecule has 1 aliphatic rings. The molecule has 0 saturated heterocycles. The highest BCUT2D eigenvalue weighted by Crippen LogP contribution is 2.39. The topological polar surface area (TPSA) is 63.3 Å². The quantitative estimate of drug-likeness (QED) is 0.765. The van der Waals surface area contributed by atoms with Crippen molar-refractivity contribution in [2.24, 2.45) is 11.1 Å². The standard InChI is InChI=1S/C10H19NO2.ClH/c11-8-10(7-4-9(12)13)5-2-1-3-6-10;/h1-8,11H2,(H,12,13);1H. The molecule has 84 valence electrons. The van der Waals surface area contributed by atoms with Crippen molar-refractivity contribution < 1.29 is 9.90 Å². The molecule has 0 atom stereocenters. The van der Waals surface area contributed by atoms with E-state index < -0.39 is 5.97 Å². The van der Waals surface area contributed by atoms with Gasteiger partial charge in [-0.3, -0.25) is 4.79 Å². The van der Waals surface area contributed by atoms with E-state index in [4.69, 9.17) is 10.8 Å². The van der Waals surface area contributed by atoms with E-state index in [-0.39, 0.29) is 24.2 Å². The highest BCUT2D eigenvalue weighted by molar-refractivity contribution is 5.85. The first kappa shape index (κ1) is 13.7. The van der Waals surface area contributed by atoms with Gasteiger partial charge in [-0.25, -0.2) is 0 Å². The Kier molecular flexibility index (Phi) is 6.12. The number of hydrogen-bond acceptors (Lipinski definition) is 2. The summed E-state index contributed by atoms with van der Waals surface area (Å²) >= 11 is 0. The average molecular weight is 222 g/mol. The molecule has 0 aromatic rings. The van der Waals surface area contributed by atoms with Gasteiger partial charge in [0, 0.05) is 6.42 Å². The molecule has 0 heterocycles. The lowest BCUT2D eigenvalue weighted by atomic mass is 9.71. The van der Waals surface area contributed by atoms with Crippen molar-refractivity contribution in [1.29, 1.82) is 0 Å². The van der Waals surface area contributed by atoms with Gasteiger partial charge in [-0.15, -0.1) is 12.4 Å². The SMILES string of the molecule is Cl.NCC1(CCC(=O)O)CCCCC1. The minimum absolute atomic E-state index is 0. The highest BCUT2D eigenvalue weighted by Gasteiger charge is 2.30. The van der Waals surface area contributed by atoms with E-state index in [1.165, 1.54) is 19.3 Å². The van der Waals surface area contributed by atoms with E-state index in [0.717, 1.165) is 19.3 Å². The fourth-order valence-corrected chi connectivity index (χ4v) is 2.23. The summed E-state index contributed by atoms with van der Waals surface area (Å²) in [5.74, 6) is -0.696. The normalized spacial score (nSPS) is 19.8. The summed E-state index contributed by atoms with van der Waals surface area (Å²) < 4.78 is 0. The molecule has 3 N–H and O–H groups in total. The predicted octanol–water partition coefficient (Wildman–Crippen LogP) is 2.18. The lowest BCUT2D eigenvalue weighted by Gasteiger charge is -2.35. The molecule has 1 fully saturated rings. The second-order valence-corrected chi connectivity index (χ2v) is 4.16. The van der Waals surface area contributed by atoms with Gasteiger partial charge in [-0.05, 0) is 31.2 Å². The minimum Gasteiger partial charge on any atom is -0.481 e. The van der Waals surface area contributed by atoms with Crippen molar-refractivity contribution >= 4 is 18.4 Å². The van der Waals surface area contributed by atoms with Gasteiger partial charge in [-0.2, -0.15) is 0 Å². The van der Waals surface area contributed by atoms with E-state index >= 15 is 0 Å². The molecule has 0 spiro atoms. The lowest BCUT2D eigenvalue weighted by Crippen LogP contribution is -2.33. The van der Waals surface area contributed by atoms with Crippen LogP contribution in [0.3, 0.4) is 0 Å². The average Bonchev–Trinajstić information content (AvgIpc) is 2.16. The van der Waals surface area contributed by atoms with Gasteiger partial charge < -0.3 is 10.8 Å². The summed E-state index contributed by atoms with van der Waals surface area (Å²) in [6.45, 7) is 0.653. The molecule has 3 nitrogen and oxygen atoms in total. The van der Waals surface area contributed by atoms with Crippen LogP contribution in [0.15, 0.2) is 0 Å². The summed E-state index contributed by atoms with van der Waals surface area (Å²) in [6.07, 6.45) is 7.01. The van der Waals surface area contributed by atoms with Crippen LogP contribution in [-0.2, 0) is 4.79 Å². The zero-order valence-corrected chi connectivity index (χ0v) is 9.31. The number of hydrogen-bond donors (Lipinski definition) is 2. The summed E-state index contributed by atoms with van der Waals surface area (Å²) in [5, 5.41) is 8.61. The lowest BCUT2D eigenvalue weighted by molar-refractivity contribution is -0.137. The van der Waals surface area contributed by atoms with Crippen LogP contribution < -0.4 is 5.73 Å². The molecule has 0 amide bonds. The Morgan fingerprint density at radius 1 is 1.29 bits per heavy atom. The first-order valence-corrected chi connectivity index (χ1v) is 5.10. The molecule has 0 aliphatic heterocycles. The number of carboxylic acids is 1. The van der Waals surface area contributed by atoms with Gasteiger partial charge >= 0.3 is 5.97 Å². The number of nitrogens with two attached hydrogens (primary N) is 1. The van der Waals surface area contributed by atoms with Gasteiger partial charge in [0.05, 0.1) is 0 Å². The smallest absolute Gasteiger partial charge is 0.303 e. The van der Waals surface area contributed by atoms with E-state index in [9.17, 15) is 4.79 Å². The van der Waals surface area contributed by atoms with Crippen LogP contribution in [0.1, 0.15) is 44.9 Å². The van der Waals surface area contributed by atoms with E-state index in [0.29, 0.717) is 6.54 Å². The predicted molar refractivity (Wildman–Crippen MR) is 58.7 cm³/mol. The van der Waals surface area contributed by atoms with Crippen LogP contribution in [-0.4, -0.2) is 17.6 Å². The maximum Gasteiger partial charge on any atom is 0.303 e. The Bertz CT molecular complexity index is 179. The molecule has 4 heteroatoms. The minimum atomic E-state index is -0.696. The number of rotatable bonds is 4. The molecule has 0 aromatic carbocycles. The van der Waals surface area contributed by atoms with Crippen molar-refractivity contribution in [3.8, 4) is 0 Å². The van der Waals surface area contributed by atoms with Crippen LogP contribution in [0.4, 0.5) is 0 Å². The zero-order valence-electron chi connectivity index (χ0n) is 8.50. The number of carbonyl (C=O) groups is 1. The molecular weight excluding hydrogens is 202 g/mol. The molecule has 0 bridgehead atoms. The Hall–Kier alpha value is -0.280. The maximum absolute atomic E-state index is 10.5. The molecule has 0 radical (unpaired) electrons. The Labute approximate surface area is 91.5 Å². The molecule has 1 aliphatic carbocycles. The van der Waals surface area contributed by atoms with Crippen LogP contribution in [0.2, 0.25) is 0 Å². The second-order valence-electron chi connectivity index (χ2n) is 4.16. The van der Waals surface area contributed by atoms with Crippen molar-refractivity contribution in [1.82, 2.24) is 0 Å². The highest BCUT2D eigenvalue weighted by atomic mass is 35.5. The summed E-state index contributed by atoms with van der Waals surface area (Å²) in [7, 11) is 0. The van der Waals surface area contributed by atoms with Gasteiger partial charge in [0.2, 0.25) is 0 Å². The third-order valence-electron chi connectivity index (χ3n) is 3.22. The maximum atomic E-state index is 10.5. The molecule has 14 heavy (non-hydrogen) atoms. The van der Waals surface area contributed by atoms with Crippen molar-refractivity contribution in [3.05, 3.63) is 0 Å². The second kappa shape index (κ2) is 6.25. The monoisotopic (exact) mass is 221 g/mol. The van der Waals surface area contributed by atoms with Crippen molar-refractivity contribution in [3.63, 3.8) is 0 Å². The van der Waals surface area contributed by atoms with Gasteiger partial charge in [0.15, 0.2) is 0 Å². The molecule has 1 saturated carbocycles. The summed E-state index contributed by atoms with van der Waals surface area (Å²) in [6, 6.07) is 0. The van der Waals surface area contributed by atoms with E-state index in [2.05, 4.69) is 0 Å². The van der Waals surface area contributed by atoms with Crippen LogP contribution in [0.25, 0.3) is 0 Å². The van der Waals surface area contributed by atoms with E-state index in [1.807, 2.05) is 0 Å². The first-order chi connectivity index (χ1) is 6.18. The van der Waals surface area contributed by atoms with E-state index in [1.54, 1.807) is 0 Å². The first-order valence-electron chi connectivity index (χ1n) is 5.10. The fourth-order valence-electron chi connectivity index (χ4n) is 2.23. The fraction of sp³-hybridized carbons (Fsp3) is 0.900. The number of carboxylic acid groups (broad SMARTS) is 1. The van der Waals surface area contributed by atoms with Crippen molar-refractivity contribution in [2.45, 2.75) is 44.9 Å². The molecule has 1 rings (SSSR count). The Balaban J connectivity index is 0.00000169. The summed E-state index contributed by atoms with van der Waals surface area (Å²) in [4.78, 5) is 10.5. The number of aliphatic carboxylic acids is 1. The summed E-state index contributed by atoms with van der Waals surface area (Å²) in [5.41, 5.74) is 5.88. The number of halogens is 1. The van der Waals surface area contributed by atoms with Crippen molar-refractivity contribution in [2.75, 3.05) is 6.54 Å². The van der Waals surface area contributed by atoms with Gasteiger partial charge in [-0.1, -0.05) is 19.3 Å². The molecule has 0 unspecified atom stereocenters. The van der Waals surface area contributed by atoms with Gasteiger partial charge in [0.25, 0.3) is 0 Å². The Morgan fingerprint density at radius 3 is 2.29 bits per heavy atom. The zero-order chi connectivity index (χ0) is 9.73. The third-order valence-corrected chi connectivity index (χ3v) is 3.22. The third kappa shape index (κ3) is 3.84. The Morgan fingerprint density at radius 2 is 1.86 bits per heavy atom. The van der Waals surface area contributed by atoms with Crippen LogP contribution in [0.5, 0.6) is 0 Å². The largest absolute Gasteiger partial charge is 0.481 e. The van der Waals surface area contributed by atoms with Crippen LogP contribution in [0, 0.1) is 5.41 Å². The molecule has 0 aromatic heterocycles.